The second kappa shape index (κ2) is 6.18. The topological polar surface area (TPSA) is 36.9 Å². The zero-order valence-electron chi connectivity index (χ0n) is 13.1. The molecule has 2 aromatic rings. The lowest BCUT2D eigenvalue weighted by Gasteiger charge is -2.28. The van der Waals surface area contributed by atoms with Crippen LogP contribution in [0, 0.1) is 0 Å². The fourth-order valence-corrected chi connectivity index (χ4v) is 2.83. The predicted molar refractivity (Wildman–Crippen MR) is 84.2 cm³/mol. The van der Waals surface area contributed by atoms with Gasteiger partial charge < -0.3 is 18.9 Å². The highest BCUT2D eigenvalue weighted by atomic mass is 16.5. The number of ether oxygens (including phenoxy) is 4. The van der Waals surface area contributed by atoms with Gasteiger partial charge in [-0.05, 0) is 42.2 Å². The van der Waals surface area contributed by atoms with Crippen LogP contribution in [0.4, 0.5) is 0 Å². The molecule has 0 spiro atoms. The average molecular weight is 300 g/mol. The van der Waals surface area contributed by atoms with Gasteiger partial charge in [-0.15, -0.1) is 0 Å². The lowest BCUT2D eigenvalue weighted by molar-refractivity contribution is 0.166. The van der Waals surface area contributed by atoms with E-state index in [9.17, 15) is 0 Å². The molecule has 0 saturated carbocycles. The van der Waals surface area contributed by atoms with E-state index in [2.05, 4.69) is 6.07 Å². The summed E-state index contributed by atoms with van der Waals surface area (Å²) in [6.45, 7) is 0. The summed E-state index contributed by atoms with van der Waals surface area (Å²) in [6, 6.07) is 12.0. The van der Waals surface area contributed by atoms with Crippen LogP contribution in [0.2, 0.25) is 0 Å². The number of benzene rings is 2. The number of hydrogen-bond donors (Lipinski definition) is 0. The molecular weight excluding hydrogens is 280 g/mol. The first-order valence-electron chi connectivity index (χ1n) is 7.31. The molecule has 4 nitrogen and oxygen atoms in total. The zero-order valence-corrected chi connectivity index (χ0v) is 13.1. The lowest BCUT2D eigenvalue weighted by Crippen LogP contribution is -2.16. The van der Waals surface area contributed by atoms with Gasteiger partial charge in [-0.1, -0.05) is 18.2 Å². The van der Waals surface area contributed by atoms with Crippen molar-refractivity contribution in [1.29, 1.82) is 0 Å². The average Bonchev–Trinajstić information content (AvgIpc) is 2.60. The van der Waals surface area contributed by atoms with Crippen LogP contribution in [0.5, 0.6) is 23.0 Å². The second-order valence-corrected chi connectivity index (χ2v) is 5.21. The van der Waals surface area contributed by atoms with Crippen LogP contribution in [-0.4, -0.2) is 21.3 Å². The molecule has 0 aliphatic carbocycles. The van der Waals surface area contributed by atoms with Crippen LogP contribution in [0.25, 0.3) is 0 Å². The van der Waals surface area contributed by atoms with Crippen LogP contribution >= 0.6 is 0 Å². The maximum atomic E-state index is 6.22. The highest BCUT2D eigenvalue weighted by molar-refractivity contribution is 5.56. The monoisotopic (exact) mass is 300 g/mol. The van der Waals surface area contributed by atoms with E-state index in [1.54, 1.807) is 21.3 Å². The number of fused-ring (bicyclic) bond motifs is 1. The van der Waals surface area contributed by atoms with Crippen molar-refractivity contribution < 1.29 is 18.9 Å². The first-order chi connectivity index (χ1) is 10.8. The Kier molecular flexibility index (Phi) is 4.09. The third-order valence-corrected chi connectivity index (χ3v) is 3.98. The Bertz CT molecular complexity index is 666. The maximum absolute atomic E-state index is 6.22. The molecular formula is C18H20O4. The summed E-state index contributed by atoms with van der Waals surface area (Å²) in [7, 11) is 4.94. The first-order valence-corrected chi connectivity index (χ1v) is 7.31. The lowest BCUT2D eigenvalue weighted by atomic mass is 9.97. The summed E-state index contributed by atoms with van der Waals surface area (Å²) < 4.78 is 22.4. The van der Waals surface area contributed by atoms with E-state index in [4.69, 9.17) is 18.9 Å². The van der Waals surface area contributed by atoms with Gasteiger partial charge in [0.2, 0.25) is 5.75 Å². The molecule has 0 aromatic heterocycles. The Hall–Kier alpha value is -2.36. The normalized spacial score (nSPS) is 16.4. The minimum atomic E-state index is -0.0105. The zero-order chi connectivity index (χ0) is 15.5. The van der Waals surface area contributed by atoms with Gasteiger partial charge in [-0.2, -0.15) is 0 Å². The molecule has 1 aliphatic rings. The van der Waals surface area contributed by atoms with Crippen LogP contribution in [-0.2, 0) is 6.42 Å². The fourth-order valence-electron chi connectivity index (χ4n) is 2.83. The van der Waals surface area contributed by atoms with E-state index in [-0.39, 0.29) is 6.10 Å². The minimum absolute atomic E-state index is 0.0105. The fraction of sp³-hybridized carbons (Fsp3) is 0.333. The summed E-state index contributed by atoms with van der Waals surface area (Å²) in [5.41, 5.74) is 2.26. The van der Waals surface area contributed by atoms with Crippen LogP contribution < -0.4 is 18.9 Å². The Morgan fingerprint density at radius 1 is 1.00 bits per heavy atom. The molecule has 0 fully saturated rings. The highest BCUT2D eigenvalue weighted by Gasteiger charge is 2.26. The van der Waals surface area contributed by atoms with E-state index in [1.165, 1.54) is 0 Å². The molecule has 22 heavy (non-hydrogen) atoms. The molecule has 1 atom stereocenters. The Morgan fingerprint density at radius 2 is 1.86 bits per heavy atom. The van der Waals surface area contributed by atoms with Crippen LogP contribution in [0.1, 0.15) is 23.7 Å². The van der Waals surface area contributed by atoms with Gasteiger partial charge in [0.25, 0.3) is 0 Å². The Labute approximate surface area is 130 Å². The molecule has 0 amide bonds. The van der Waals surface area contributed by atoms with E-state index in [0.29, 0.717) is 11.5 Å². The summed E-state index contributed by atoms with van der Waals surface area (Å²) in [5, 5.41) is 0. The van der Waals surface area contributed by atoms with Crippen molar-refractivity contribution >= 4 is 0 Å². The molecule has 116 valence electrons. The van der Waals surface area contributed by atoms with E-state index < -0.39 is 0 Å². The van der Waals surface area contributed by atoms with Crippen molar-refractivity contribution in [2.45, 2.75) is 18.9 Å². The number of rotatable bonds is 4. The van der Waals surface area contributed by atoms with E-state index in [1.807, 2.05) is 30.3 Å². The van der Waals surface area contributed by atoms with Gasteiger partial charge in [-0.3, -0.25) is 0 Å². The molecule has 1 unspecified atom stereocenters. The molecule has 3 rings (SSSR count). The smallest absolute Gasteiger partial charge is 0.203 e. The first kappa shape index (κ1) is 14.6. The van der Waals surface area contributed by atoms with Crippen molar-refractivity contribution in [3.05, 3.63) is 47.5 Å². The van der Waals surface area contributed by atoms with Crippen LogP contribution in [0.3, 0.4) is 0 Å². The quantitative estimate of drug-likeness (QED) is 0.861. The van der Waals surface area contributed by atoms with Crippen LogP contribution in [0.15, 0.2) is 36.4 Å². The summed E-state index contributed by atoms with van der Waals surface area (Å²) in [5.74, 6) is 2.96. The molecule has 0 saturated heterocycles. The van der Waals surface area contributed by atoms with Crippen molar-refractivity contribution in [1.82, 2.24) is 0 Å². The molecule has 4 heteroatoms. The van der Waals surface area contributed by atoms with Crippen molar-refractivity contribution in [3.63, 3.8) is 0 Å². The van der Waals surface area contributed by atoms with Crippen molar-refractivity contribution in [3.8, 4) is 23.0 Å². The molecule has 0 N–H and O–H groups in total. The van der Waals surface area contributed by atoms with Gasteiger partial charge in [-0.25, -0.2) is 0 Å². The van der Waals surface area contributed by atoms with Gasteiger partial charge in [0.1, 0.15) is 11.9 Å². The largest absolute Gasteiger partial charge is 0.497 e. The third kappa shape index (κ3) is 2.56. The maximum Gasteiger partial charge on any atom is 0.203 e. The number of methoxy groups -OCH3 is 3. The van der Waals surface area contributed by atoms with Crippen molar-refractivity contribution in [2.75, 3.05) is 21.3 Å². The number of aryl methyl sites for hydroxylation is 1. The van der Waals surface area contributed by atoms with Gasteiger partial charge in [0.05, 0.1) is 21.3 Å². The van der Waals surface area contributed by atoms with Crippen molar-refractivity contribution in [2.24, 2.45) is 0 Å². The number of hydrogen-bond acceptors (Lipinski definition) is 4. The Morgan fingerprint density at radius 3 is 2.59 bits per heavy atom. The standard InChI is InChI=1S/C18H20O4/c1-19-14-6-4-5-13(11-14)15-9-7-12-8-10-16(20-2)18(21-3)17(12)22-15/h4-6,8,10-11,15H,7,9H2,1-3H3. The molecule has 1 aliphatic heterocycles. The molecule has 0 bridgehead atoms. The van der Waals surface area contributed by atoms with Gasteiger partial charge in [0, 0.05) is 0 Å². The summed E-state index contributed by atoms with van der Waals surface area (Å²) in [6.07, 6.45) is 1.86. The van der Waals surface area contributed by atoms with E-state index in [0.717, 1.165) is 35.5 Å². The molecule has 1 heterocycles. The third-order valence-electron chi connectivity index (χ3n) is 3.98. The molecule has 0 radical (unpaired) electrons. The Balaban J connectivity index is 1.95. The highest BCUT2D eigenvalue weighted by Crippen LogP contribution is 2.46. The second-order valence-electron chi connectivity index (χ2n) is 5.21. The van der Waals surface area contributed by atoms with E-state index >= 15 is 0 Å². The molecule has 2 aromatic carbocycles. The van der Waals surface area contributed by atoms with Gasteiger partial charge >= 0.3 is 0 Å². The minimum Gasteiger partial charge on any atom is -0.497 e. The summed E-state index contributed by atoms with van der Waals surface area (Å²) in [4.78, 5) is 0. The van der Waals surface area contributed by atoms with Gasteiger partial charge in [0.15, 0.2) is 11.5 Å². The SMILES string of the molecule is COc1cccc(C2CCc3ccc(OC)c(OC)c3O2)c1. The predicted octanol–water partition coefficient (Wildman–Crippen LogP) is 3.78. The summed E-state index contributed by atoms with van der Waals surface area (Å²) >= 11 is 0.